The summed E-state index contributed by atoms with van der Waals surface area (Å²) in [5.74, 6) is -3.48. The molecule has 2 aromatic carbocycles. The molecule has 0 saturated heterocycles. The van der Waals surface area contributed by atoms with Gasteiger partial charge in [0.2, 0.25) is 0 Å². The molecule has 0 fully saturated rings. The molecule has 0 bridgehead atoms. The second kappa shape index (κ2) is 8.18. The van der Waals surface area contributed by atoms with E-state index in [0.29, 0.717) is 0 Å². The summed E-state index contributed by atoms with van der Waals surface area (Å²) >= 11 is 2.13. The number of carbonyl (C=O) groups excluding carboxylic acids is 2. The molecule has 4 nitrogen and oxygen atoms in total. The zero-order chi connectivity index (χ0) is 17.7. The topological polar surface area (TPSA) is 55.4 Å². The molecule has 7 heteroatoms. The molecule has 0 heterocycles. The molecule has 1 amide bonds. The summed E-state index contributed by atoms with van der Waals surface area (Å²) in [5, 5.41) is 2.50. The van der Waals surface area contributed by atoms with Gasteiger partial charge >= 0.3 is 5.97 Å². The number of esters is 1. The largest absolute Gasteiger partial charge is 0.467 e. The van der Waals surface area contributed by atoms with Gasteiger partial charge in [-0.2, -0.15) is 0 Å². The molecule has 1 N–H and O–H groups in total. The Hall–Kier alpha value is -2.03. The maximum absolute atomic E-state index is 13.3. The summed E-state index contributed by atoms with van der Waals surface area (Å²) in [4.78, 5) is 24.1. The Morgan fingerprint density at radius 2 is 1.88 bits per heavy atom. The summed E-state index contributed by atoms with van der Waals surface area (Å²) in [6, 6.07) is 9.24. The van der Waals surface area contributed by atoms with E-state index >= 15 is 0 Å². The Kier molecular flexibility index (Phi) is 6.24. The number of benzene rings is 2. The molecule has 0 unspecified atom stereocenters. The molecule has 0 aromatic heterocycles. The molecule has 126 valence electrons. The van der Waals surface area contributed by atoms with Crippen molar-refractivity contribution in [1.82, 2.24) is 5.32 Å². The average molecular weight is 445 g/mol. The second-order valence-electron chi connectivity index (χ2n) is 4.97. The van der Waals surface area contributed by atoms with E-state index in [9.17, 15) is 18.4 Å². The molecular formula is C17H14F2INO3. The highest BCUT2D eigenvalue weighted by Crippen LogP contribution is 2.15. The first-order chi connectivity index (χ1) is 11.4. The number of rotatable bonds is 5. The zero-order valence-electron chi connectivity index (χ0n) is 12.7. The van der Waals surface area contributed by atoms with Crippen molar-refractivity contribution in [3.8, 4) is 0 Å². The predicted molar refractivity (Wildman–Crippen MR) is 92.5 cm³/mol. The molecule has 1 atom stereocenters. The first kappa shape index (κ1) is 18.3. The van der Waals surface area contributed by atoms with Crippen molar-refractivity contribution >= 4 is 34.5 Å². The Morgan fingerprint density at radius 1 is 1.17 bits per heavy atom. The van der Waals surface area contributed by atoms with E-state index in [2.05, 4.69) is 27.9 Å². The normalized spacial score (nSPS) is 11.7. The Morgan fingerprint density at radius 3 is 2.50 bits per heavy atom. The summed E-state index contributed by atoms with van der Waals surface area (Å²) in [7, 11) is 1.22. The number of nitrogens with one attached hydrogen (secondary N) is 1. The third-order valence-corrected chi connectivity index (χ3v) is 4.41. The van der Waals surface area contributed by atoms with Gasteiger partial charge < -0.3 is 10.1 Å². The number of amides is 1. The van der Waals surface area contributed by atoms with Gasteiger partial charge in [0, 0.05) is 15.6 Å². The van der Waals surface area contributed by atoms with Crippen LogP contribution < -0.4 is 5.32 Å². The van der Waals surface area contributed by atoms with Gasteiger partial charge in [-0.3, -0.25) is 4.79 Å². The molecule has 0 aliphatic heterocycles. The molecular weight excluding hydrogens is 431 g/mol. The fourth-order valence-corrected chi connectivity index (χ4v) is 2.71. The highest BCUT2D eigenvalue weighted by molar-refractivity contribution is 14.1. The van der Waals surface area contributed by atoms with E-state index in [0.717, 1.165) is 27.3 Å². The minimum absolute atomic E-state index is 0.0782. The minimum atomic E-state index is -1.13. The van der Waals surface area contributed by atoms with Crippen LogP contribution in [0.5, 0.6) is 0 Å². The van der Waals surface area contributed by atoms with E-state index in [4.69, 9.17) is 4.74 Å². The van der Waals surface area contributed by atoms with Gasteiger partial charge in [0.15, 0.2) is 11.6 Å². The lowest BCUT2D eigenvalue weighted by molar-refractivity contribution is -0.142. The van der Waals surface area contributed by atoms with Crippen LogP contribution in [-0.4, -0.2) is 25.0 Å². The highest BCUT2D eigenvalue weighted by atomic mass is 127. The van der Waals surface area contributed by atoms with E-state index in [1.165, 1.54) is 7.11 Å². The lowest BCUT2D eigenvalue weighted by atomic mass is 10.1. The summed E-state index contributed by atoms with van der Waals surface area (Å²) in [6.45, 7) is 0. The number of hydrogen-bond acceptors (Lipinski definition) is 3. The monoisotopic (exact) mass is 445 g/mol. The van der Waals surface area contributed by atoms with Crippen LogP contribution in [0.4, 0.5) is 8.78 Å². The highest BCUT2D eigenvalue weighted by Gasteiger charge is 2.23. The standard InChI is InChI=1S/C17H14F2INO3/c1-24-17(23)15(9-10-4-2-3-5-14(10)20)21-16(22)11-6-7-12(18)13(19)8-11/h2-8,15H,9H2,1H3,(H,21,22)/t15-/m0/s1. The van der Waals surface area contributed by atoms with Crippen LogP contribution in [0.25, 0.3) is 0 Å². The Bertz CT molecular complexity index is 767. The van der Waals surface area contributed by atoms with Crippen LogP contribution >= 0.6 is 22.6 Å². The van der Waals surface area contributed by atoms with Crippen molar-refractivity contribution in [3.05, 3.63) is 68.8 Å². The van der Waals surface area contributed by atoms with Gasteiger partial charge in [0.1, 0.15) is 6.04 Å². The third-order valence-electron chi connectivity index (χ3n) is 3.35. The van der Waals surface area contributed by atoms with Gasteiger partial charge in [-0.1, -0.05) is 18.2 Å². The third kappa shape index (κ3) is 4.50. The first-order valence-corrected chi connectivity index (χ1v) is 8.07. The van der Waals surface area contributed by atoms with Crippen molar-refractivity contribution in [1.29, 1.82) is 0 Å². The maximum Gasteiger partial charge on any atom is 0.328 e. The SMILES string of the molecule is COC(=O)[C@H](Cc1ccccc1I)NC(=O)c1ccc(F)c(F)c1. The van der Waals surface area contributed by atoms with Crippen molar-refractivity contribution in [2.45, 2.75) is 12.5 Å². The van der Waals surface area contributed by atoms with E-state index < -0.39 is 29.6 Å². The van der Waals surface area contributed by atoms with Crippen molar-refractivity contribution in [3.63, 3.8) is 0 Å². The van der Waals surface area contributed by atoms with Crippen LogP contribution in [-0.2, 0) is 16.0 Å². The molecule has 2 aromatic rings. The molecule has 24 heavy (non-hydrogen) atoms. The maximum atomic E-state index is 13.3. The van der Waals surface area contributed by atoms with Gasteiger partial charge in [0.05, 0.1) is 7.11 Å². The Balaban J connectivity index is 2.19. The number of halogens is 3. The van der Waals surface area contributed by atoms with Gasteiger partial charge in [-0.15, -0.1) is 0 Å². The summed E-state index contributed by atoms with van der Waals surface area (Å²) < 4.78 is 31.9. The predicted octanol–water partition coefficient (Wildman–Crippen LogP) is 3.08. The van der Waals surface area contributed by atoms with Crippen LogP contribution in [0.15, 0.2) is 42.5 Å². The fourth-order valence-electron chi connectivity index (χ4n) is 2.10. The second-order valence-corrected chi connectivity index (χ2v) is 6.14. The van der Waals surface area contributed by atoms with E-state index in [1.54, 1.807) is 0 Å². The minimum Gasteiger partial charge on any atom is -0.467 e. The molecule has 0 aliphatic carbocycles. The summed E-state index contributed by atoms with van der Waals surface area (Å²) in [6.07, 6.45) is 0.223. The summed E-state index contributed by atoms with van der Waals surface area (Å²) in [5.41, 5.74) is 0.782. The smallest absolute Gasteiger partial charge is 0.328 e. The lowest BCUT2D eigenvalue weighted by Crippen LogP contribution is -2.43. The van der Waals surface area contributed by atoms with Gasteiger partial charge in [-0.05, 0) is 52.4 Å². The number of methoxy groups -OCH3 is 1. The van der Waals surface area contributed by atoms with Crippen LogP contribution in [0.2, 0.25) is 0 Å². The molecule has 0 spiro atoms. The fraction of sp³-hybridized carbons (Fsp3) is 0.176. The zero-order valence-corrected chi connectivity index (χ0v) is 14.8. The van der Waals surface area contributed by atoms with Crippen molar-refractivity contribution in [2.24, 2.45) is 0 Å². The number of hydrogen-bond donors (Lipinski definition) is 1. The molecule has 0 aliphatic rings. The number of ether oxygens (including phenoxy) is 1. The quantitative estimate of drug-likeness (QED) is 0.569. The molecule has 0 radical (unpaired) electrons. The van der Waals surface area contributed by atoms with Crippen molar-refractivity contribution < 1.29 is 23.1 Å². The number of carbonyl (C=O) groups is 2. The lowest BCUT2D eigenvalue weighted by Gasteiger charge is -2.17. The molecule has 0 saturated carbocycles. The van der Waals surface area contributed by atoms with Crippen molar-refractivity contribution in [2.75, 3.05) is 7.11 Å². The molecule has 2 rings (SSSR count). The van der Waals surface area contributed by atoms with Gasteiger partial charge in [-0.25, -0.2) is 13.6 Å². The van der Waals surface area contributed by atoms with Crippen LogP contribution in [0.3, 0.4) is 0 Å². The van der Waals surface area contributed by atoms with Crippen LogP contribution in [0.1, 0.15) is 15.9 Å². The first-order valence-electron chi connectivity index (χ1n) is 6.99. The Labute approximate surface area is 151 Å². The van der Waals surface area contributed by atoms with E-state index in [1.807, 2.05) is 24.3 Å². The van der Waals surface area contributed by atoms with Gasteiger partial charge in [0.25, 0.3) is 5.91 Å². The van der Waals surface area contributed by atoms with Crippen LogP contribution in [0, 0.1) is 15.2 Å². The van der Waals surface area contributed by atoms with E-state index in [-0.39, 0.29) is 12.0 Å². The average Bonchev–Trinajstić information content (AvgIpc) is 2.57.